The Morgan fingerprint density at radius 2 is 2.00 bits per heavy atom. The summed E-state index contributed by atoms with van der Waals surface area (Å²) in [5.74, 6) is 0.424. The normalized spacial score (nSPS) is 10.4. The van der Waals surface area contributed by atoms with Gasteiger partial charge in [0, 0.05) is 5.02 Å². The topological polar surface area (TPSA) is 26.3 Å². The van der Waals surface area contributed by atoms with Gasteiger partial charge in [-0.05, 0) is 26.0 Å². The van der Waals surface area contributed by atoms with Gasteiger partial charge >= 0.3 is 0 Å². The van der Waals surface area contributed by atoms with E-state index in [0.29, 0.717) is 27.6 Å². The van der Waals surface area contributed by atoms with Gasteiger partial charge in [-0.15, -0.1) is 0 Å². The van der Waals surface area contributed by atoms with E-state index < -0.39 is 0 Å². The predicted octanol–water partition coefficient (Wildman–Crippen LogP) is 3.59. The fourth-order valence-electron chi connectivity index (χ4n) is 1.03. The van der Waals surface area contributed by atoms with Crippen LogP contribution in [0.15, 0.2) is 12.1 Å². The maximum absolute atomic E-state index is 10.7. The van der Waals surface area contributed by atoms with Gasteiger partial charge < -0.3 is 4.74 Å². The summed E-state index contributed by atoms with van der Waals surface area (Å²) < 4.78 is 5.40. The van der Waals surface area contributed by atoms with E-state index in [2.05, 4.69) is 0 Å². The molecule has 4 heteroatoms. The summed E-state index contributed by atoms with van der Waals surface area (Å²) in [6.07, 6.45) is 0.638. The fraction of sp³-hybridized carbons (Fsp3) is 0.300. The van der Waals surface area contributed by atoms with Crippen molar-refractivity contribution in [1.29, 1.82) is 0 Å². The van der Waals surface area contributed by atoms with Crippen LogP contribution < -0.4 is 4.74 Å². The number of benzene rings is 1. The molecule has 0 fully saturated rings. The summed E-state index contributed by atoms with van der Waals surface area (Å²) in [5.41, 5.74) is 0.338. The van der Waals surface area contributed by atoms with Crippen molar-refractivity contribution in [1.82, 2.24) is 0 Å². The third-order valence-electron chi connectivity index (χ3n) is 1.54. The SMILES string of the molecule is CC(C)Oc1cc(Cl)cc(Cl)c1C=O. The summed E-state index contributed by atoms with van der Waals surface area (Å²) in [4.78, 5) is 10.7. The Labute approximate surface area is 92.8 Å². The molecule has 0 unspecified atom stereocenters. The Hall–Kier alpha value is -0.730. The number of aldehydes is 1. The zero-order chi connectivity index (χ0) is 10.7. The van der Waals surface area contributed by atoms with Gasteiger partial charge in [0.15, 0.2) is 6.29 Å². The molecule has 1 rings (SSSR count). The minimum absolute atomic E-state index is 0.0248. The van der Waals surface area contributed by atoms with E-state index in [9.17, 15) is 4.79 Å². The maximum Gasteiger partial charge on any atom is 0.155 e. The highest BCUT2D eigenvalue weighted by molar-refractivity contribution is 6.36. The lowest BCUT2D eigenvalue weighted by Gasteiger charge is -2.12. The second kappa shape index (κ2) is 4.67. The smallest absolute Gasteiger partial charge is 0.155 e. The lowest BCUT2D eigenvalue weighted by molar-refractivity contribution is 0.111. The molecule has 0 spiro atoms. The van der Waals surface area contributed by atoms with Crippen molar-refractivity contribution >= 4 is 29.5 Å². The van der Waals surface area contributed by atoms with Crippen LogP contribution in [-0.4, -0.2) is 12.4 Å². The van der Waals surface area contributed by atoms with Crippen LogP contribution in [0, 0.1) is 0 Å². The standard InChI is InChI=1S/C10H10Cl2O2/c1-6(2)14-10-4-7(11)3-9(12)8(10)5-13/h3-6H,1-2H3. The number of hydrogen-bond acceptors (Lipinski definition) is 2. The molecular formula is C10H10Cl2O2. The minimum Gasteiger partial charge on any atom is -0.490 e. The highest BCUT2D eigenvalue weighted by Crippen LogP contribution is 2.30. The van der Waals surface area contributed by atoms with Gasteiger partial charge in [0.2, 0.25) is 0 Å². The molecule has 0 atom stereocenters. The van der Waals surface area contributed by atoms with Crippen molar-refractivity contribution in [3.05, 3.63) is 27.7 Å². The highest BCUT2D eigenvalue weighted by Gasteiger charge is 2.10. The predicted molar refractivity (Wildman–Crippen MR) is 57.6 cm³/mol. The van der Waals surface area contributed by atoms with Crippen molar-refractivity contribution in [2.45, 2.75) is 20.0 Å². The molecule has 0 bridgehead atoms. The lowest BCUT2D eigenvalue weighted by atomic mass is 10.2. The van der Waals surface area contributed by atoms with E-state index in [1.807, 2.05) is 13.8 Å². The molecule has 0 aliphatic carbocycles. The van der Waals surface area contributed by atoms with E-state index >= 15 is 0 Å². The van der Waals surface area contributed by atoms with Gasteiger partial charge in [0.25, 0.3) is 0 Å². The van der Waals surface area contributed by atoms with Crippen LogP contribution in [-0.2, 0) is 0 Å². The fourth-order valence-corrected chi connectivity index (χ4v) is 1.55. The maximum atomic E-state index is 10.7. The summed E-state index contributed by atoms with van der Waals surface area (Å²) >= 11 is 11.6. The first-order valence-electron chi connectivity index (χ1n) is 4.15. The van der Waals surface area contributed by atoms with E-state index in [1.54, 1.807) is 6.07 Å². The van der Waals surface area contributed by atoms with Crippen LogP contribution in [0.5, 0.6) is 5.75 Å². The Balaban J connectivity index is 3.17. The first-order valence-corrected chi connectivity index (χ1v) is 4.91. The average Bonchev–Trinajstić information content (AvgIpc) is 2.01. The third kappa shape index (κ3) is 2.63. The molecule has 0 aliphatic rings. The first kappa shape index (κ1) is 11.3. The van der Waals surface area contributed by atoms with Crippen LogP contribution in [0.1, 0.15) is 24.2 Å². The summed E-state index contributed by atoms with van der Waals surface area (Å²) in [6.45, 7) is 3.73. The summed E-state index contributed by atoms with van der Waals surface area (Å²) in [6, 6.07) is 3.09. The molecule has 0 amide bonds. The molecule has 0 saturated heterocycles. The van der Waals surface area contributed by atoms with Gasteiger partial charge in [-0.3, -0.25) is 4.79 Å². The van der Waals surface area contributed by atoms with Crippen LogP contribution in [0.25, 0.3) is 0 Å². The molecule has 2 nitrogen and oxygen atoms in total. The minimum atomic E-state index is -0.0248. The molecule has 0 aliphatic heterocycles. The molecular weight excluding hydrogens is 223 g/mol. The van der Waals surface area contributed by atoms with Gasteiger partial charge in [-0.2, -0.15) is 0 Å². The first-order chi connectivity index (χ1) is 6.54. The quantitative estimate of drug-likeness (QED) is 0.745. The second-order valence-electron chi connectivity index (χ2n) is 3.08. The highest BCUT2D eigenvalue weighted by atomic mass is 35.5. The van der Waals surface area contributed by atoms with E-state index in [0.717, 1.165) is 0 Å². The number of carbonyl (C=O) groups excluding carboxylic acids is 1. The van der Waals surface area contributed by atoms with Gasteiger partial charge in [-0.25, -0.2) is 0 Å². The molecule has 0 aromatic heterocycles. The Bertz CT molecular complexity index is 348. The molecule has 0 radical (unpaired) electrons. The lowest BCUT2D eigenvalue weighted by Crippen LogP contribution is -2.07. The van der Waals surface area contributed by atoms with Crippen LogP contribution >= 0.6 is 23.2 Å². The van der Waals surface area contributed by atoms with Crippen LogP contribution in [0.2, 0.25) is 10.0 Å². The molecule has 0 heterocycles. The molecule has 0 saturated carbocycles. The number of ether oxygens (including phenoxy) is 1. The van der Waals surface area contributed by atoms with Crippen molar-refractivity contribution in [3.8, 4) is 5.75 Å². The van der Waals surface area contributed by atoms with Crippen LogP contribution in [0.3, 0.4) is 0 Å². The number of halogens is 2. The van der Waals surface area contributed by atoms with Crippen molar-refractivity contribution < 1.29 is 9.53 Å². The molecule has 0 N–H and O–H groups in total. The van der Waals surface area contributed by atoms with E-state index in [4.69, 9.17) is 27.9 Å². The van der Waals surface area contributed by atoms with E-state index in [-0.39, 0.29) is 6.10 Å². The second-order valence-corrected chi connectivity index (χ2v) is 3.93. The Morgan fingerprint density at radius 3 is 2.50 bits per heavy atom. The summed E-state index contributed by atoms with van der Waals surface area (Å²) in [5, 5.41) is 0.763. The largest absolute Gasteiger partial charge is 0.490 e. The van der Waals surface area contributed by atoms with E-state index in [1.165, 1.54) is 6.07 Å². The molecule has 1 aromatic carbocycles. The van der Waals surface area contributed by atoms with Gasteiger partial charge in [-0.1, -0.05) is 23.2 Å². The van der Waals surface area contributed by atoms with Crippen molar-refractivity contribution in [2.75, 3.05) is 0 Å². The zero-order valence-electron chi connectivity index (χ0n) is 7.88. The molecule has 14 heavy (non-hydrogen) atoms. The van der Waals surface area contributed by atoms with Crippen molar-refractivity contribution in [2.24, 2.45) is 0 Å². The van der Waals surface area contributed by atoms with Gasteiger partial charge in [0.05, 0.1) is 16.7 Å². The molecule has 76 valence electrons. The number of carbonyl (C=O) groups is 1. The monoisotopic (exact) mass is 232 g/mol. The Morgan fingerprint density at radius 1 is 1.36 bits per heavy atom. The summed E-state index contributed by atoms with van der Waals surface area (Å²) in [7, 11) is 0. The van der Waals surface area contributed by atoms with Gasteiger partial charge in [0.1, 0.15) is 5.75 Å². The molecule has 1 aromatic rings. The number of hydrogen-bond donors (Lipinski definition) is 0. The zero-order valence-corrected chi connectivity index (χ0v) is 9.39. The Kier molecular flexibility index (Phi) is 3.78. The van der Waals surface area contributed by atoms with Crippen LogP contribution in [0.4, 0.5) is 0 Å². The van der Waals surface area contributed by atoms with Crippen molar-refractivity contribution in [3.63, 3.8) is 0 Å². The number of rotatable bonds is 3. The third-order valence-corrected chi connectivity index (χ3v) is 2.07. The average molecular weight is 233 g/mol.